The molecule has 0 unspecified atom stereocenters. The largest absolute Gasteiger partial charge is 0.359 e. The number of carbonyl (C=O) groups is 2. The molecule has 1 aromatic carbocycles. The third kappa shape index (κ3) is 4.33. The Bertz CT molecular complexity index is 540. The SMILES string of the molecule is CNC(=O)[C@@H]1CCCN(C(=O)/C=C\c2ccc(Cl)cc2)C1. The molecule has 1 fully saturated rings. The monoisotopic (exact) mass is 306 g/mol. The summed E-state index contributed by atoms with van der Waals surface area (Å²) in [7, 11) is 1.63. The molecule has 0 spiro atoms. The zero-order chi connectivity index (χ0) is 15.2. The lowest BCUT2D eigenvalue weighted by Crippen LogP contribution is -2.44. The number of piperidine rings is 1. The van der Waals surface area contributed by atoms with Gasteiger partial charge in [-0.3, -0.25) is 9.59 Å². The maximum atomic E-state index is 12.2. The summed E-state index contributed by atoms with van der Waals surface area (Å²) in [5.41, 5.74) is 0.924. The second-order valence-corrected chi connectivity index (χ2v) is 5.56. The van der Waals surface area contributed by atoms with E-state index in [0.717, 1.165) is 18.4 Å². The van der Waals surface area contributed by atoms with Gasteiger partial charge >= 0.3 is 0 Å². The minimum atomic E-state index is -0.100. The molecule has 1 aromatic rings. The van der Waals surface area contributed by atoms with Gasteiger partial charge in [0, 0.05) is 31.2 Å². The van der Waals surface area contributed by atoms with Crippen LogP contribution in [-0.2, 0) is 9.59 Å². The molecule has 1 aliphatic rings. The average Bonchev–Trinajstić information content (AvgIpc) is 2.53. The Morgan fingerprint density at radius 2 is 2.05 bits per heavy atom. The molecule has 2 amide bonds. The molecule has 2 rings (SSSR count). The molecule has 4 nitrogen and oxygen atoms in total. The van der Waals surface area contributed by atoms with Crippen LogP contribution in [0.4, 0.5) is 0 Å². The predicted octanol–water partition coefficient (Wildman–Crippen LogP) is 2.34. The number of amides is 2. The molecule has 1 N–H and O–H groups in total. The lowest BCUT2D eigenvalue weighted by atomic mass is 9.97. The molecular formula is C16H19ClN2O2. The van der Waals surface area contributed by atoms with Crippen molar-refractivity contribution in [3.05, 3.63) is 40.9 Å². The summed E-state index contributed by atoms with van der Waals surface area (Å²) < 4.78 is 0. The van der Waals surface area contributed by atoms with Gasteiger partial charge in [-0.05, 0) is 36.6 Å². The summed E-state index contributed by atoms with van der Waals surface area (Å²) in [6.07, 6.45) is 5.01. The zero-order valence-corrected chi connectivity index (χ0v) is 12.8. The number of hydrogen-bond acceptors (Lipinski definition) is 2. The van der Waals surface area contributed by atoms with Gasteiger partial charge in [0.15, 0.2) is 0 Å². The highest BCUT2D eigenvalue weighted by Gasteiger charge is 2.26. The predicted molar refractivity (Wildman–Crippen MR) is 83.9 cm³/mol. The summed E-state index contributed by atoms with van der Waals surface area (Å²) in [5.74, 6) is -0.149. The second-order valence-electron chi connectivity index (χ2n) is 5.12. The molecule has 21 heavy (non-hydrogen) atoms. The van der Waals surface area contributed by atoms with Gasteiger partial charge in [-0.2, -0.15) is 0 Å². The van der Waals surface area contributed by atoms with Crippen molar-refractivity contribution in [2.75, 3.05) is 20.1 Å². The average molecular weight is 307 g/mol. The van der Waals surface area contributed by atoms with E-state index >= 15 is 0 Å². The fraction of sp³-hybridized carbons (Fsp3) is 0.375. The molecule has 1 atom stereocenters. The van der Waals surface area contributed by atoms with E-state index in [1.165, 1.54) is 0 Å². The summed E-state index contributed by atoms with van der Waals surface area (Å²) in [6.45, 7) is 1.20. The van der Waals surface area contributed by atoms with Crippen LogP contribution in [0, 0.1) is 5.92 Å². The van der Waals surface area contributed by atoms with E-state index in [9.17, 15) is 9.59 Å². The van der Waals surface area contributed by atoms with Crippen molar-refractivity contribution < 1.29 is 9.59 Å². The van der Waals surface area contributed by atoms with E-state index in [2.05, 4.69) is 5.32 Å². The van der Waals surface area contributed by atoms with E-state index in [-0.39, 0.29) is 17.7 Å². The van der Waals surface area contributed by atoms with Crippen LogP contribution in [0.3, 0.4) is 0 Å². The Balaban J connectivity index is 1.96. The van der Waals surface area contributed by atoms with Crippen LogP contribution < -0.4 is 5.32 Å². The first-order chi connectivity index (χ1) is 10.1. The Morgan fingerprint density at radius 1 is 1.33 bits per heavy atom. The molecule has 1 saturated heterocycles. The van der Waals surface area contributed by atoms with Gasteiger partial charge in [0.05, 0.1) is 5.92 Å². The highest BCUT2D eigenvalue weighted by molar-refractivity contribution is 6.30. The molecule has 5 heteroatoms. The molecule has 0 aliphatic carbocycles. The van der Waals surface area contributed by atoms with Crippen LogP contribution in [-0.4, -0.2) is 36.9 Å². The lowest BCUT2D eigenvalue weighted by molar-refractivity contribution is -0.131. The third-order valence-electron chi connectivity index (χ3n) is 3.64. The van der Waals surface area contributed by atoms with Crippen LogP contribution in [0.2, 0.25) is 5.02 Å². The van der Waals surface area contributed by atoms with Crippen molar-refractivity contribution in [2.24, 2.45) is 5.92 Å². The topological polar surface area (TPSA) is 49.4 Å². The molecule has 112 valence electrons. The zero-order valence-electron chi connectivity index (χ0n) is 12.0. The first kappa shape index (κ1) is 15.6. The van der Waals surface area contributed by atoms with E-state index in [0.29, 0.717) is 18.1 Å². The summed E-state index contributed by atoms with van der Waals surface area (Å²) >= 11 is 5.82. The molecular weight excluding hydrogens is 288 g/mol. The standard InChI is InChI=1S/C16H19ClN2O2/c1-18-16(21)13-3-2-10-19(11-13)15(20)9-6-12-4-7-14(17)8-5-12/h4-9,13H,2-3,10-11H2,1H3,(H,18,21)/b9-6-/t13-/m1/s1. The van der Waals surface area contributed by atoms with Gasteiger partial charge in [-0.15, -0.1) is 0 Å². The maximum absolute atomic E-state index is 12.2. The number of hydrogen-bond donors (Lipinski definition) is 1. The summed E-state index contributed by atoms with van der Waals surface area (Å²) in [6, 6.07) is 7.29. The van der Waals surface area contributed by atoms with E-state index in [4.69, 9.17) is 11.6 Å². The molecule has 0 saturated carbocycles. The Hall–Kier alpha value is -1.81. The molecule has 0 bridgehead atoms. The summed E-state index contributed by atoms with van der Waals surface area (Å²) in [4.78, 5) is 25.6. The van der Waals surface area contributed by atoms with Crippen LogP contribution in [0.15, 0.2) is 30.3 Å². The number of benzene rings is 1. The van der Waals surface area contributed by atoms with Gasteiger partial charge in [0.25, 0.3) is 0 Å². The van der Waals surface area contributed by atoms with Crippen molar-refractivity contribution in [3.8, 4) is 0 Å². The van der Waals surface area contributed by atoms with E-state index < -0.39 is 0 Å². The number of likely N-dealkylation sites (tertiary alicyclic amines) is 1. The van der Waals surface area contributed by atoms with Gasteiger partial charge in [-0.1, -0.05) is 23.7 Å². The number of carbonyl (C=O) groups excluding carboxylic acids is 2. The number of nitrogens with zero attached hydrogens (tertiary/aromatic N) is 1. The lowest BCUT2D eigenvalue weighted by Gasteiger charge is -2.31. The van der Waals surface area contributed by atoms with Gasteiger partial charge < -0.3 is 10.2 Å². The Kier molecular flexibility index (Phi) is 5.39. The van der Waals surface area contributed by atoms with E-state index in [1.54, 1.807) is 36.2 Å². The van der Waals surface area contributed by atoms with Crippen LogP contribution in [0.1, 0.15) is 18.4 Å². The first-order valence-corrected chi connectivity index (χ1v) is 7.42. The van der Waals surface area contributed by atoms with Crippen molar-refractivity contribution in [3.63, 3.8) is 0 Å². The smallest absolute Gasteiger partial charge is 0.246 e. The highest BCUT2D eigenvalue weighted by atomic mass is 35.5. The highest BCUT2D eigenvalue weighted by Crippen LogP contribution is 2.17. The minimum Gasteiger partial charge on any atom is -0.359 e. The fourth-order valence-corrected chi connectivity index (χ4v) is 2.57. The molecule has 1 heterocycles. The Labute approximate surface area is 129 Å². The molecule has 0 radical (unpaired) electrons. The maximum Gasteiger partial charge on any atom is 0.246 e. The second kappa shape index (κ2) is 7.27. The van der Waals surface area contributed by atoms with Crippen molar-refractivity contribution in [1.29, 1.82) is 0 Å². The van der Waals surface area contributed by atoms with Gasteiger partial charge in [-0.25, -0.2) is 0 Å². The van der Waals surface area contributed by atoms with Crippen LogP contribution in [0.25, 0.3) is 6.08 Å². The van der Waals surface area contributed by atoms with Gasteiger partial charge in [0.1, 0.15) is 0 Å². The third-order valence-corrected chi connectivity index (χ3v) is 3.89. The molecule has 1 aliphatic heterocycles. The van der Waals surface area contributed by atoms with Crippen molar-refractivity contribution in [1.82, 2.24) is 10.2 Å². The van der Waals surface area contributed by atoms with Crippen LogP contribution in [0.5, 0.6) is 0 Å². The first-order valence-electron chi connectivity index (χ1n) is 7.04. The quantitative estimate of drug-likeness (QED) is 0.871. The van der Waals surface area contributed by atoms with Crippen molar-refractivity contribution in [2.45, 2.75) is 12.8 Å². The molecule has 0 aromatic heterocycles. The van der Waals surface area contributed by atoms with Crippen molar-refractivity contribution >= 4 is 29.5 Å². The Morgan fingerprint density at radius 3 is 2.71 bits per heavy atom. The number of nitrogens with one attached hydrogen (secondary N) is 1. The number of halogens is 1. The summed E-state index contributed by atoms with van der Waals surface area (Å²) in [5, 5.41) is 3.32. The fourth-order valence-electron chi connectivity index (χ4n) is 2.44. The van der Waals surface area contributed by atoms with Crippen LogP contribution >= 0.6 is 11.6 Å². The normalized spacial score (nSPS) is 18.8. The van der Waals surface area contributed by atoms with E-state index in [1.807, 2.05) is 12.1 Å². The minimum absolute atomic E-state index is 0.00850. The van der Waals surface area contributed by atoms with Gasteiger partial charge in [0.2, 0.25) is 11.8 Å². The number of rotatable bonds is 3.